The first-order valence-corrected chi connectivity index (χ1v) is 8.38. The minimum atomic E-state index is 0.0442. The van der Waals surface area contributed by atoms with E-state index in [4.69, 9.17) is 0 Å². The van der Waals surface area contributed by atoms with E-state index in [9.17, 15) is 5.11 Å². The Morgan fingerprint density at radius 1 is 1.33 bits per heavy atom. The van der Waals surface area contributed by atoms with Gasteiger partial charge in [0.05, 0.1) is 12.6 Å². The minimum absolute atomic E-state index is 0.0442. The Hall–Kier alpha value is -0.900. The number of likely N-dealkylation sites (tertiary alicyclic amines) is 1. The molecule has 1 saturated heterocycles. The summed E-state index contributed by atoms with van der Waals surface area (Å²) in [6.45, 7) is 8.33. The lowest BCUT2D eigenvalue weighted by Crippen LogP contribution is -2.46. The average Bonchev–Trinajstić information content (AvgIpc) is 2.54. The van der Waals surface area contributed by atoms with Crippen LogP contribution in [-0.4, -0.2) is 42.3 Å². The van der Waals surface area contributed by atoms with Crippen molar-refractivity contribution in [3.63, 3.8) is 0 Å². The molecular weight excluding hydrogens is 260 g/mol. The lowest BCUT2D eigenvalue weighted by Gasteiger charge is -2.37. The van der Waals surface area contributed by atoms with E-state index >= 15 is 0 Å². The smallest absolute Gasteiger partial charge is 0.0626 e. The topological polar surface area (TPSA) is 35.5 Å². The first kappa shape index (κ1) is 16.5. The van der Waals surface area contributed by atoms with E-state index in [1.807, 2.05) is 18.2 Å². The van der Waals surface area contributed by atoms with E-state index in [1.54, 1.807) is 0 Å². The summed E-state index contributed by atoms with van der Waals surface area (Å²) in [5, 5.41) is 13.3. The largest absolute Gasteiger partial charge is 0.394 e. The van der Waals surface area contributed by atoms with Crippen LogP contribution in [0.4, 0.5) is 0 Å². The number of hydrogen-bond donors (Lipinski definition) is 2. The second kappa shape index (κ2) is 8.52. The number of aliphatic hydroxyl groups excluding tert-OH is 1. The molecule has 2 rings (SSSR count). The van der Waals surface area contributed by atoms with E-state index in [0.717, 1.165) is 0 Å². The molecule has 118 valence electrons. The van der Waals surface area contributed by atoms with E-state index in [-0.39, 0.29) is 12.6 Å². The lowest BCUT2D eigenvalue weighted by molar-refractivity contribution is 0.138. The van der Waals surface area contributed by atoms with Gasteiger partial charge in [-0.05, 0) is 50.8 Å². The van der Waals surface area contributed by atoms with Crippen LogP contribution in [0.2, 0.25) is 0 Å². The molecule has 1 fully saturated rings. The van der Waals surface area contributed by atoms with Gasteiger partial charge in [-0.2, -0.15) is 0 Å². The Bertz CT molecular complexity index is 393. The Kier molecular flexibility index (Phi) is 6.68. The van der Waals surface area contributed by atoms with Crippen molar-refractivity contribution in [2.75, 3.05) is 26.2 Å². The van der Waals surface area contributed by atoms with Crippen LogP contribution in [0.15, 0.2) is 30.3 Å². The number of nitrogens with one attached hydrogen (secondary N) is 1. The molecule has 0 amide bonds. The molecule has 1 aliphatic rings. The first-order valence-electron chi connectivity index (χ1n) is 8.38. The third-order valence-corrected chi connectivity index (χ3v) is 4.64. The van der Waals surface area contributed by atoms with Crippen molar-refractivity contribution in [2.24, 2.45) is 5.92 Å². The molecule has 3 heteroatoms. The van der Waals surface area contributed by atoms with Crippen molar-refractivity contribution in [3.8, 4) is 0 Å². The minimum Gasteiger partial charge on any atom is -0.394 e. The molecule has 1 aliphatic heterocycles. The zero-order valence-corrected chi connectivity index (χ0v) is 13.5. The number of benzene rings is 1. The molecule has 1 aromatic rings. The van der Waals surface area contributed by atoms with Crippen molar-refractivity contribution in [2.45, 2.75) is 45.2 Å². The summed E-state index contributed by atoms with van der Waals surface area (Å²) >= 11 is 0. The van der Waals surface area contributed by atoms with Crippen LogP contribution in [0.25, 0.3) is 0 Å². The zero-order chi connectivity index (χ0) is 15.1. The fourth-order valence-corrected chi connectivity index (χ4v) is 3.41. The summed E-state index contributed by atoms with van der Waals surface area (Å²) in [6.07, 6.45) is 3.82. The molecule has 1 aromatic carbocycles. The van der Waals surface area contributed by atoms with Crippen LogP contribution in [0.5, 0.6) is 0 Å². The number of rotatable bonds is 7. The fraction of sp³-hybridized carbons (Fsp3) is 0.667. The molecule has 21 heavy (non-hydrogen) atoms. The predicted octanol–water partition coefficient (Wildman–Crippen LogP) is 2.82. The highest BCUT2D eigenvalue weighted by atomic mass is 16.3. The van der Waals surface area contributed by atoms with Crippen LogP contribution in [-0.2, 0) is 0 Å². The number of aliphatic hydroxyl groups is 1. The molecule has 3 atom stereocenters. The van der Waals surface area contributed by atoms with E-state index < -0.39 is 0 Å². The van der Waals surface area contributed by atoms with Gasteiger partial charge >= 0.3 is 0 Å². The second-order valence-electron chi connectivity index (χ2n) is 6.30. The van der Waals surface area contributed by atoms with Gasteiger partial charge < -0.3 is 15.3 Å². The van der Waals surface area contributed by atoms with Gasteiger partial charge in [0.25, 0.3) is 0 Å². The summed E-state index contributed by atoms with van der Waals surface area (Å²) in [5.41, 5.74) is 1.17. The summed E-state index contributed by atoms with van der Waals surface area (Å²) in [5.74, 6) is 0.683. The van der Waals surface area contributed by atoms with E-state index in [0.29, 0.717) is 12.0 Å². The van der Waals surface area contributed by atoms with Crippen molar-refractivity contribution in [1.29, 1.82) is 0 Å². The van der Waals surface area contributed by atoms with Gasteiger partial charge in [0.2, 0.25) is 0 Å². The maximum atomic E-state index is 9.69. The number of nitrogens with zero attached hydrogens (tertiary/aromatic N) is 1. The van der Waals surface area contributed by atoms with Gasteiger partial charge in [-0.1, -0.05) is 37.3 Å². The standard InChI is InChI=1S/C18H30N2O/c1-3-11-20-12-7-10-17(13-20)15(2)19-18(14-21)16-8-5-4-6-9-16/h4-6,8-9,15,17-19,21H,3,7,10-14H2,1-2H3. The second-order valence-corrected chi connectivity index (χ2v) is 6.30. The molecule has 3 unspecified atom stereocenters. The van der Waals surface area contributed by atoms with Crippen LogP contribution < -0.4 is 5.32 Å². The Morgan fingerprint density at radius 3 is 2.76 bits per heavy atom. The molecular formula is C18H30N2O. The number of piperidine rings is 1. The lowest BCUT2D eigenvalue weighted by atomic mass is 9.90. The highest BCUT2D eigenvalue weighted by molar-refractivity contribution is 5.19. The number of hydrogen-bond acceptors (Lipinski definition) is 3. The average molecular weight is 290 g/mol. The Labute approximate surface area is 129 Å². The van der Waals surface area contributed by atoms with Gasteiger partial charge in [0.15, 0.2) is 0 Å². The highest BCUT2D eigenvalue weighted by Gasteiger charge is 2.25. The normalized spacial score (nSPS) is 22.9. The van der Waals surface area contributed by atoms with Crippen molar-refractivity contribution in [3.05, 3.63) is 35.9 Å². The SMILES string of the molecule is CCCN1CCCC(C(C)NC(CO)c2ccccc2)C1. The summed E-state index contributed by atoms with van der Waals surface area (Å²) in [6, 6.07) is 10.7. The molecule has 0 saturated carbocycles. The van der Waals surface area contributed by atoms with Gasteiger partial charge in [-0.25, -0.2) is 0 Å². The molecule has 2 N–H and O–H groups in total. The van der Waals surface area contributed by atoms with E-state index in [1.165, 1.54) is 44.5 Å². The molecule has 1 heterocycles. The maximum absolute atomic E-state index is 9.69. The molecule has 0 radical (unpaired) electrons. The van der Waals surface area contributed by atoms with Gasteiger partial charge in [0, 0.05) is 12.6 Å². The maximum Gasteiger partial charge on any atom is 0.0626 e. The molecule has 0 aliphatic carbocycles. The van der Waals surface area contributed by atoms with Gasteiger partial charge in [0.1, 0.15) is 0 Å². The highest BCUT2D eigenvalue weighted by Crippen LogP contribution is 2.22. The fourth-order valence-electron chi connectivity index (χ4n) is 3.41. The van der Waals surface area contributed by atoms with Crippen LogP contribution in [0.1, 0.15) is 44.7 Å². The molecule has 3 nitrogen and oxygen atoms in total. The Balaban J connectivity index is 1.91. The first-order chi connectivity index (χ1) is 10.2. The monoisotopic (exact) mass is 290 g/mol. The van der Waals surface area contributed by atoms with E-state index in [2.05, 4.69) is 36.2 Å². The third kappa shape index (κ3) is 4.80. The molecule has 0 aromatic heterocycles. The predicted molar refractivity (Wildman–Crippen MR) is 88.3 cm³/mol. The quantitative estimate of drug-likeness (QED) is 0.810. The van der Waals surface area contributed by atoms with Crippen molar-refractivity contribution >= 4 is 0 Å². The van der Waals surface area contributed by atoms with Crippen LogP contribution >= 0.6 is 0 Å². The van der Waals surface area contributed by atoms with Gasteiger partial charge in [-0.3, -0.25) is 0 Å². The summed E-state index contributed by atoms with van der Waals surface area (Å²) in [7, 11) is 0. The van der Waals surface area contributed by atoms with Crippen LogP contribution in [0, 0.1) is 5.92 Å². The van der Waals surface area contributed by atoms with Crippen molar-refractivity contribution in [1.82, 2.24) is 10.2 Å². The Morgan fingerprint density at radius 2 is 2.10 bits per heavy atom. The van der Waals surface area contributed by atoms with Gasteiger partial charge in [-0.15, -0.1) is 0 Å². The zero-order valence-electron chi connectivity index (χ0n) is 13.5. The van der Waals surface area contributed by atoms with Crippen molar-refractivity contribution < 1.29 is 5.11 Å². The van der Waals surface area contributed by atoms with Crippen LogP contribution in [0.3, 0.4) is 0 Å². The third-order valence-electron chi connectivity index (χ3n) is 4.64. The summed E-state index contributed by atoms with van der Waals surface area (Å²) < 4.78 is 0. The summed E-state index contributed by atoms with van der Waals surface area (Å²) in [4.78, 5) is 2.59. The molecule has 0 bridgehead atoms. The molecule has 0 spiro atoms.